The number of alkyl halides is 3. The molecule has 21 heavy (non-hydrogen) atoms. The Bertz CT molecular complexity index is 482. The fourth-order valence-electron chi connectivity index (χ4n) is 1.67. The second kappa shape index (κ2) is 8.25. The second-order valence-electron chi connectivity index (χ2n) is 4.25. The first kappa shape index (κ1) is 17.8. The Hall–Kier alpha value is -1.26. The summed E-state index contributed by atoms with van der Waals surface area (Å²) in [6.45, 7) is 0.565. The molecule has 1 aliphatic heterocycles. The Balaban J connectivity index is 0.00000220. The van der Waals surface area contributed by atoms with E-state index in [0.29, 0.717) is 18.1 Å². The maximum atomic E-state index is 12.2. The lowest BCUT2D eigenvalue weighted by Gasteiger charge is -2.17. The van der Waals surface area contributed by atoms with Gasteiger partial charge in [-0.3, -0.25) is 9.98 Å². The van der Waals surface area contributed by atoms with Crippen LogP contribution in [0, 0.1) is 0 Å². The minimum absolute atomic E-state index is 0. The van der Waals surface area contributed by atoms with Crippen LogP contribution in [-0.2, 0) is 6.54 Å². The number of rotatable bonds is 4. The molecule has 0 aliphatic carbocycles. The Morgan fingerprint density at radius 3 is 2.86 bits per heavy atom. The number of aliphatic imine (C=N–C) groups is 1. The predicted octanol–water partition coefficient (Wildman–Crippen LogP) is 2.08. The van der Waals surface area contributed by atoms with Crippen LogP contribution in [0.3, 0.4) is 0 Å². The van der Waals surface area contributed by atoms with Gasteiger partial charge < -0.3 is 15.4 Å². The van der Waals surface area contributed by atoms with Crippen molar-refractivity contribution >= 4 is 29.9 Å². The van der Waals surface area contributed by atoms with Gasteiger partial charge in [0.25, 0.3) is 0 Å². The molecule has 0 aromatic carbocycles. The van der Waals surface area contributed by atoms with E-state index in [1.165, 1.54) is 12.4 Å². The van der Waals surface area contributed by atoms with Crippen LogP contribution in [0.2, 0.25) is 0 Å². The quantitative estimate of drug-likeness (QED) is 0.739. The highest BCUT2D eigenvalue weighted by Gasteiger charge is 2.28. The molecule has 2 heterocycles. The molecule has 0 atom stereocenters. The van der Waals surface area contributed by atoms with Gasteiger partial charge in [-0.2, -0.15) is 13.2 Å². The van der Waals surface area contributed by atoms with Crippen LogP contribution in [0.4, 0.5) is 13.2 Å². The first-order chi connectivity index (χ1) is 9.54. The van der Waals surface area contributed by atoms with E-state index >= 15 is 0 Å². The summed E-state index contributed by atoms with van der Waals surface area (Å²) >= 11 is 0. The lowest BCUT2D eigenvalue weighted by atomic mass is 10.2. The van der Waals surface area contributed by atoms with Gasteiger partial charge in [-0.1, -0.05) is 0 Å². The summed E-state index contributed by atoms with van der Waals surface area (Å²) in [5.41, 5.74) is 0.597. The fourth-order valence-corrected chi connectivity index (χ4v) is 1.67. The van der Waals surface area contributed by atoms with E-state index in [9.17, 15) is 13.2 Å². The number of ether oxygens (including phenoxy) is 1. The molecular formula is C12H16F3IN4O. The van der Waals surface area contributed by atoms with Crippen molar-refractivity contribution in [1.29, 1.82) is 0 Å². The minimum Gasteiger partial charge on any atom is -0.482 e. The first-order valence-corrected chi connectivity index (χ1v) is 6.19. The highest BCUT2D eigenvalue weighted by atomic mass is 127. The van der Waals surface area contributed by atoms with Crippen molar-refractivity contribution in [2.45, 2.75) is 19.1 Å². The molecule has 1 aromatic rings. The number of hydrogen-bond acceptors (Lipinski definition) is 5. The van der Waals surface area contributed by atoms with Crippen LogP contribution in [0.5, 0.6) is 5.75 Å². The summed E-state index contributed by atoms with van der Waals surface area (Å²) in [5, 5.41) is 6.09. The van der Waals surface area contributed by atoms with Gasteiger partial charge in [-0.25, -0.2) is 0 Å². The molecule has 0 amide bonds. The molecule has 0 saturated carbocycles. The zero-order valence-electron chi connectivity index (χ0n) is 11.1. The Morgan fingerprint density at radius 2 is 2.19 bits per heavy atom. The molecule has 1 aliphatic rings. The Labute approximate surface area is 137 Å². The van der Waals surface area contributed by atoms with E-state index in [-0.39, 0.29) is 29.7 Å². The van der Waals surface area contributed by atoms with Crippen LogP contribution < -0.4 is 15.4 Å². The number of halogens is 4. The number of nitrogens with one attached hydrogen (secondary N) is 2. The van der Waals surface area contributed by atoms with Gasteiger partial charge in [0.2, 0.25) is 0 Å². The SMILES string of the molecule is FC(F)(F)COc1cnccc1CNC1=NCCCN1.I. The van der Waals surface area contributed by atoms with Gasteiger partial charge in [-0.15, -0.1) is 24.0 Å². The molecule has 1 aromatic heterocycles. The van der Waals surface area contributed by atoms with Crippen LogP contribution in [0.1, 0.15) is 12.0 Å². The van der Waals surface area contributed by atoms with Crippen molar-refractivity contribution in [2.75, 3.05) is 19.7 Å². The van der Waals surface area contributed by atoms with E-state index in [1.54, 1.807) is 6.07 Å². The van der Waals surface area contributed by atoms with Crippen molar-refractivity contribution in [2.24, 2.45) is 4.99 Å². The van der Waals surface area contributed by atoms with E-state index < -0.39 is 12.8 Å². The average molecular weight is 416 g/mol. The zero-order valence-corrected chi connectivity index (χ0v) is 13.4. The minimum atomic E-state index is -4.37. The van der Waals surface area contributed by atoms with Crippen molar-refractivity contribution in [3.05, 3.63) is 24.0 Å². The summed E-state index contributed by atoms with van der Waals surface area (Å²) in [6.07, 6.45) is -0.609. The third kappa shape index (κ3) is 6.36. The topological polar surface area (TPSA) is 58.5 Å². The van der Waals surface area contributed by atoms with Crippen molar-refractivity contribution in [3.8, 4) is 5.75 Å². The number of hydrogen-bond donors (Lipinski definition) is 2. The molecule has 9 heteroatoms. The van der Waals surface area contributed by atoms with Crippen molar-refractivity contribution in [3.63, 3.8) is 0 Å². The van der Waals surface area contributed by atoms with Crippen LogP contribution in [-0.4, -0.2) is 36.8 Å². The molecule has 5 nitrogen and oxygen atoms in total. The summed E-state index contributed by atoms with van der Waals surface area (Å²) in [4.78, 5) is 7.99. The summed E-state index contributed by atoms with van der Waals surface area (Å²) in [5.74, 6) is 0.767. The van der Waals surface area contributed by atoms with Gasteiger partial charge >= 0.3 is 6.18 Å². The number of pyridine rings is 1. The second-order valence-corrected chi connectivity index (χ2v) is 4.25. The standard InChI is InChI=1S/C12H15F3N4O.HI/c13-12(14,15)8-20-10-7-16-5-2-9(10)6-19-11-17-3-1-4-18-11;/h2,5,7H,1,3-4,6,8H2,(H2,17,18,19);1H. The largest absolute Gasteiger partial charge is 0.482 e. The van der Waals surface area contributed by atoms with Crippen LogP contribution in [0.15, 0.2) is 23.5 Å². The van der Waals surface area contributed by atoms with Gasteiger partial charge in [0.15, 0.2) is 12.6 Å². The molecule has 0 saturated heterocycles. The Kier molecular flexibility index (Phi) is 6.99. The summed E-state index contributed by atoms with van der Waals surface area (Å²) < 4.78 is 41.2. The summed E-state index contributed by atoms with van der Waals surface area (Å²) in [6, 6.07) is 1.61. The zero-order chi connectivity index (χ0) is 14.4. The van der Waals surface area contributed by atoms with Crippen LogP contribution in [0.25, 0.3) is 0 Å². The molecule has 2 rings (SSSR count). The molecule has 0 spiro atoms. The highest BCUT2D eigenvalue weighted by Crippen LogP contribution is 2.21. The lowest BCUT2D eigenvalue weighted by Crippen LogP contribution is -2.40. The van der Waals surface area contributed by atoms with E-state index in [2.05, 4.69) is 20.6 Å². The maximum absolute atomic E-state index is 12.2. The molecule has 0 radical (unpaired) electrons. The first-order valence-electron chi connectivity index (χ1n) is 6.19. The van der Waals surface area contributed by atoms with Crippen molar-refractivity contribution < 1.29 is 17.9 Å². The van der Waals surface area contributed by atoms with E-state index in [1.807, 2.05) is 0 Å². The van der Waals surface area contributed by atoms with Gasteiger partial charge in [0, 0.05) is 31.4 Å². The predicted molar refractivity (Wildman–Crippen MR) is 83.0 cm³/mol. The smallest absolute Gasteiger partial charge is 0.422 e. The molecular weight excluding hydrogens is 400 g/mol. The maximum Gasteiger partial charge on any atom is 0.422 e. The molecule has 118 valence electrons. The Morgan fingerprint density at radius 1 is 1.38 bits per heavy atom. The number of aromatic nitrogens is 1. The van der Waals surface area contributed by atoms with Gasteiger partial charge in [0.05, 0.1) is 6.20 Å². The highest BCUT2D eigenvalue weighted by molar-refractivity contribution is 14.0. The molecule has 0 fully saturated rings. The van der Waals surface area contributed by atoms with E-state index in [4.69, 9.17) is 4.74 Å². The number of nitrogens with zero attached hydrogens (tertiary/aromatic N) is 2. The number of guanidine groups is 1. The third-order valence-electron chi connectivity index (χ3n) is 2.60. The van der Waals surface area contributed by atoms with Crippen LogP contribution >= 0.6 is 24.0 Å². The molecule has 0 bridgehead atoms. The van der Waals surface area contributed by atoms with Gasteiger partial charge in [0.1, 0.15) is 5.75 Å². The normalized spacial score (nSPS) is 14.5. The monoisotopic (exact) mass is 416 g/mol. The summed E-state index contributed by atoms with van der Waals surface area (Å²) in [7, 11) is 0. The third-order valence-corrected chi connectivity index (χ3v) is 2.60. The van der Waals surface area contributed by atoms with E-state index in [0.717, 1.165) is 19.5 Å². The molecule has 0 unspecified atom stereocenters. The fraction of sp³-hybridized carbons (Fsp3) is 0.500. The average Bonchev–Trinajstić information content (AvgIpc) is 2.44. The lowest BCUT2D eigenvalue weighted by molar-refractivity contribution is -0.153. The van der Waals surface area contributed by atoms with Gasteiger partial charge in [-0.05, 0) is 12.5 Å². The van der Waals surface area contributed by atoms with Crippen molar-refractivity contribution in [1.82, 2.24) is 15.6 Å². The molecule has 2 N–H and O–H groups in total.